The number of hydrogen-bond donors (Lipinski definition) is 0. The maximum atomic E-state index is 5.93. The number of nitrogens with zero attached hydrogens (tertiary/aromatic N) is 4. The van der Waals surface area contributed by atoms with Gasteiger partial charge < -0.3 is 14.2 Å². The molecule has 1 aromatic heterocycles. The van der Waals surface area contributed by atoms with Crippen LogP contribution in [0, 0.1) is 5.92 Å². The molecule has 0 aliphatic carbocycles. The van der Waals surface area contributed by atoms with Gasteiger partial charge in [0.2, 0.25) is 0 Å². The summed E-state index contributed by atoms with van der Waals surface area (Å²) >= 11 is 1.84. The molecule has 5 nitrogen and oxygen atoms in total. The third kappa shape index (κ3) is 6.24. The molecule has 3 rings (SSSR count). The van der Waals surface area contributed by atoms with E-state index in [1.165, 1.54) is 32.2 Å². The van der Waals surface area contributed by atoms with Crippen LogP contribution < -0.4 is 4.74 Å². The molecule has 1 saturated heterocycles. The van der Waals surface area contributed by atoms with Crippen LogP contribution in [0.25, 0.3) is 0 Å². The fraction of sp³-hybridized carbons (Fsp3) is 0.636. The highest BCUT2D eigenvalue weighted by molar-refractivity contribution is 7.99. The lowest BCUT2D eigenvalue weighted by Gasteiger charge is -2.32. The van der Waals surface area contributed by atoms with Crippen molar-refractivity contribution in [3.63, 3.8) is 0 Å². The van der Waals surface area contributed by atoms with Gasteiger partial charge in [-0.2, -0.15) is 0 Å². The number of aromatic nitrogens is 3. The molecule has 2 heterocycles. The van der Waals surface area contributed by atoms with Crippen molar-refractivity contribution in [1.29, 1.82) is 0 Å². The quantitative estimate of drug-likeness (QED) is 0.531. The lowest BCUT2D eigenvalue weighted by molar-refractivity contribution is 0.182. The fourth-order valence-corrected chi connectivity index (χ4v) is 4.63. The van der Waals surface area contributed by atoms with Crippen molar-refractivity contribution in [3.05, 3.63) is 36.2 Å². The average molecular weight is 403 g/mol. The molecule has 6 heteroatoms. The molecule has 154 valence electrons. The van der Waals surface area contributed by atoms with Crippen LogP contribution in [0.4, 0.5) is 0 Å². The topological polar surface area (TPSA) is 43.2 Å². The Morgan fingerprint density at radius 3 is 2.75 bits per heavy atom. The molecule has 0 N–H and O–H groups in total. The first kappa shape index (κ1) is 21.2. The third-order valence-corrected chi connectivity index (χ3v) is 6.44. The molecule has 1 aromatic carbocycles. The van der Waals surface area contributed by atoms with Crippen molar-refractivity contribution in [2.75, 3.05) is 19.3 Å². The number of rotatable bonds is 10. The Morgan fingerprint density at radius 2 is 2.00 bits per heavy atom. The molecular formula is C22H34N4OS. The van der Waals surface area contributed by atoms with Crippen LogP contribution in [-0.2, 0) is 13.2 Å². The maximum absolute atomic E-state index is 5.93. The minimum absolute atomic E-state index is 0.459. The summed E-state index contributed by atoms with van der Waals surface area (Å²) in [5.74, 6) is 3.53. The SMILES string of the molecule is CC(C)CCn1c(COc2ccccc2)nnc1SCCC1CCCCN1C. The summed E-state index contributed by atoms with van der Waals surface area (Å²) in [6.45, 7) is 7.16. The minimum atomic E-state index is 0.459. The predicted molar refractivity (Wildman–Crippen MR) is 116 cm³/mol. The van der Waals surface area contributed by atoms with Crippen molar-refractivity contribution in [2.24, 2.45) is 5.92 Å². The summed E-state index contributed by atoms with van der Waals surface area (Å²) in [4.78, 5) is 2.52. The van der Waals surface area contributed by atoms with E-state index < -0.39 is 0 Å². The second-order valence-electron chi connectivity index (χ2n) is 8.10. The van der Waals surface area contributed by atoms with E-state index in [1.54, 1.807) is 0 Å². The van der Waals surface area contributed by atoms with Gasteiger partial charge in [0.25, 0.3) is 0 Å². The molecule has 1 aliphatic rings. The summed E-state index contributed by atoms with van der Waals surface area (Å²) < 4.78 is 8.19. The smallest absolute Gasteiger partial charge is 0.191 e. The molecule has 1 fully saturated rings. The van der Waals surface area contributed by atoms with Crippen LogP contribution in [-0.4, -0.2) is 45.1 Å². The summed E-state index contributed by atoms with van der Waals surface area (Å²) in [6, 6.07) is 10.6. The van der Waals surface area contributed by atoms with Gasteiger partial charge in [0.1, 0.15) is 12.4 Å². The summed E-state index contributed by atoms with van der Waals surface area (Å²) in [6.07, 6.45) is 6.37. The van der Waals surface area contributed by atoms with Crippen LogP contribution in [0.1, 0.15) is 51.8 Å². The third-order valence-electron chi connectivity index (χ3n) is 5.44. The Balaban J connectivity index is 1.59. The van der Waals surface area contributed by atoms with Crippen LogP contribution in [0.2, 0.25) is 0 Å². The van der Waals surface area contributed by atoms with Gasteiger partial charge in [0.05, 0.1) is 0 Å². The van der Waals surface area contributed by atoms with Gasteiger partial charge in [-0.1, -0.05) is 50.2 Å². The van der Waals surface area contributed by atoms with Crippen LogP contribution >= 0.6 is 11.8 Å². The van der Waals surface area contributed by atoms with Gasteiger partial charge in [-0.3, -0.25) is 0 Å². The van der Waals surface area contributed by atoms with E-state index in [9.17, 15) is 0 Å². The molecule has 1 unspecified atom stereocenters. The van der Waals surface area contributed by atoms with Gasteiger partial charge in [0, 0.05) is 18.3 Å². The number of ether oxygens (including phenoxy) is 1. The zero-order valence-corrected chi connectivity index (χ0v) is 18.3. The molecule has 1 aliphatic heterocycles. The average Bonchev–Trinajstić information content (AvgIpc) is 3.09. The Kier molecular flexibility index (Phi) is 8.22. The van der Waals surface area contributed by atoms with Crippen molar-refractivity contribution >= 4 is 11.8 Å². The first-order valence-electron chi connectivity index (χ1n) is 10.6. The minimum Gasteiger partial charge on any atom is -0.486 e. The van der Waals surface area contributed by atoms with Crippen molar-refractivity contribution in [2.45, 2.75) is 70.3 Å². The Hall–Kier alpha value is -1.53. The van der Waals surface area contributed by atoms with E-state index in [1.807, 2.05) is 42.1 Å². The van der Waals surface area contributed by atoms with E-state index in [2.05, 4.69) is 40.6 Å². The normalized spacial score (nSPS) is 17.9. The molecule has 2 aromatic rings. The number of piperidine rings is 1. The van der Waals surface area contributed by atoms with E-state index in [-0.39, 0.29) is 0 Å². The highest BCUT2D eigenvalue weighted by Crippen LogP contribution is 2.24. The van der Waals surface area contributed by atoms with E-state index in [4.69, 9.17) is 4.74 Å². The number of para-hydroxylation sites is 1. The highest BCUT2D eigenvalue weighted by atomic mass is 32.2. The Morgan fingerprint density at radius 1 is 1.18 bits per heavy atom. The van der Waals surface area contributed by atoms with E-state index in [0.29, 0.717) is 18.6 Å². The summed E-state index contributed by atoms with van der Waals surface area (Å²) in [7, 11) is 2.26. The van der Waals surface area contributed by atoms with Gasteiger partial charge >= 0.3 is 0 Å². The molecule has 0 bridgehead atoms. The van der Waals surface area contributed by atoms with Gasteiger partial charge in [-0.25, -0.2) is 0 Å². The van der Waals surface area contributed by atoms with Gasteiger partial charge in [0.15, 0.2) is 11.0 Å². The number of likely N-dealkylation sites (tertiary alicyclic amines) is 1. The first-order valence-corrected chi connectivity index (χ1v) is 11.5. The van der Waals surface area contributed by atoms with Gasteiger partial charge in [-0.15, -0.1) is 10.2 Å². The predicted octanol–water partition coefficient (Wildman–Crippen LogP) is 4.87. The first-order chi connectivity index (χ1) is 13.6. The zero-order chi connectivity index (χ0) is 19.8. The Bertz CT molecular complexity index is 704. The molecular weight excluding hydrogens is 368 g/mol. The van der Waals surface area contributed by atoms with Gasteiger partial charge in [-0.05, 0) is 57.3 Å². The monoisotopic (exact) mass is 402 g/mol. The largest absolute Gasteiger partial charge is 0.486 e. The van der Waals surface area contributed by atoms with Crippen molar-refractivity contribution in [3.8, 4) is 5.75 Å². The van der Waals surface area contributed by atoms with Crippen molar-refractivity contribution in [1.82, 2.24) is 19.7 Å². The number of thioether (sulfide) groups is 1. The fourth-order valence-electron chi connectivity index (χ4n) is 3.60. The van der Waals surface area contributed by atoms with E-state index in [0.717, 1.165) is 35.4 Å². The maximum Gasteiger partial charge on any atom is 0.191 e. The van der Waals surface area contributed by atoms with Crippen molar-refractivity contribution < 1.29 is 4.74 Å². The molecule has 0 spiro atoms. The highest BCUT2D eigenvalue weighted by Gasteiger charge is 2.19. The summed E-state index contributed by atoms with van der Waals surface area (Å²) in [5.41, 5.74) is 0. The molecule has 1 atom stereocenters. The molecule has 28 heavy (non-hydrogen) atoms. The molecule has 0 saturated carbocycles. The lowest BCUT2D eigenvalue weighted by atomic mass is 10.0. The second kappa shape index (κ2) is 10.9. The zero-order valence-electron chi connectivity index (χ0n) is 17.5. The second-order valence-corrected chi connectivity index (χ2v) is 9.16. The number of benzene rings is 1. The summed E-state index contributed by atoms with van der Waals surface area (Å²) in [5, 5.41) is 9.97. The van der Waals surface area contributed by atoms with Crippen LogP contribution in [0.15, 0.2) is 35.5 Å². The van der Waals surface area contributed by atoms with Crippen LogP contribution in [0.5, 0.6) is 5.75 Å². The Labute approximate surface area is 173 Å². The molecule has 0 amide bonds. The standard InChI is InChI=1S/C22H34N4OS/c1-18(2)12-15-26-21(17-27-20-10-5-4-6-11-20)23-24-22(26)28-16-13-19-9-7-8-14-25(19)3/h4-6,10-11,18-19H,7-9,12-17H2,1-3H3. The van der Waals surface area contributed by atoms with E-state index >= 15 is 0 Å². The lowest BCUT2D eigenvalue weighted by Crippen LogP contribution is -2.36. The molecule has 0 radical (unpaired) electrons. The van der Waals surface area contributed by atoms with Crippen LogP contribution in [0.3, 0.4) is 0 Å². The number of hydrogen-bond acceptors (Lipinski definition) is 5.